The Hall–Kier alpha value is -0.610. The Balaban J connectivity index is 2.25. The van der Waals surface area contributed by atoms with Gasteiger partial charge in [0.15, 0.2) is 0 Å². The smallest absolute Gasteiger partial charge is 0.329 e. The van der Waals surface area contributed by atoms with Crippen molar-refractivity contribution >= 4 is 5.97 Å². The summed E-state index contributed by atoms with van der Waals surface area (Å²) in [6.45, 7) is 5.58. The lowest BCUT2D eigenvalue weighted by Gasteiger charge is -2.32. The van der Waals surface area contributed by atoms with E-state index in [-0.39, 0.29) is 5.97 Å². The molecule has 100 valence electrons. The zero-order valence-corrected chi connectivity index (χ0v) is 11.7. The van der Waals surface area contributed by atoms with E-state index in [1.807, 2.05) is 20.8 Å². The van der Waals surface area contributed by atoms with E-state index in [2.05, 4.69) is 24.5 Å². The molecule has 0 unspecified atom stereocenters. The minimum absolute atomic E-state index is 0.188. The summed E-state index contributed by atoms with van der Waals surface area (Å²) in [4.78, 5) is 19.0. The molecule has 1 aliphatic rings. The third kappa shape index (κ3) is 4.64. The molecule has 4 nitrogen and oxygen atoms in total. The molecule has 0 radical (unpaired) electrons. The van der Waals surface area contributed by atoms with Gasteiger partial charge in [-0.3, -0.25) is 0 Å². The average molecular weight is 242 g/mol. The Morgan fingerprint density at radius 1 is 1.18 bits per heavy atom. The maximum absolute atomic E-state index is 11.6. The Morgan fingerprint density at radius 3 is 2.12 bits per heavy atom. The van der Waals surface area contributed by atoms with Crippen LogP contribution in [0, 0.1) is 5.41 Å². The normalized spacial score (nSPS) is 26.0. The lowest BCUT2D eigenvalue weighted by molar-refractivity contribution is -0.163. The molecule has 17 heavy (non-hydrogen) atoms. The summed E-state index contributed by atoms with van der Waals surface area (Å²) in [6, 6.07) is 0.990. The van der Waals surface area contributed by atoms with Gasteiger partial charge >= 0.3 is 5.97 Å². The number of hydrogen-bond acceptors (Lipinski definition) is 4. The number of nitrogens with one attached hydrogen (secondary N) is 1. The van der Waals surface area contributed by atoms with Crippen molar-refractivity contribution in [2.45, 2.75) is 58.5 Å². The summed E-state index contributed by atoms with van der Waals surface area (Å²) in [5.74, 6) is -0.188. The molecule has 0 aromatic rings. The van der Waals surface area contributed by atoms with E-state index in [4.69, 9.17) is 4.84 Å². The summed E-state index contributed by atoms with van der Waals surface area (Å²) in [5.41, 5.74) is 2.48. The molecule has 1 saturated carbocycles. The van der Waals surface area contributed by atoms with Crippen molar-refractivity contribution in [3.8, 4) is 0 Å². The van der Waals surface area contributed by atoms with Crippen LogP contribution in [0.15, 0.2) is 0 Å². The molecule has 0 spiro atoms. The summed E-state index contributed by atoms with van der Waals surface area (Å²) >= 11 is 0. The molecule has 1 aliphatic carbocycles. The van der Waals surface area contributed by atoms with Crippen molar-refractivity contribution in [3.05, 3.63) is 0 Å². The highest BCUT2D eigenvalue weighted by molar-refractivity contribution is 5.75. The topological polar surface area (TPSA) is 41.6 Å². The summed E-state index contributed by atoms with van der Waals surface area (Å²) in [6.07, 6.45) is 4.47. The first kappa shape index (κ1) is 14.5. The number of carbonyl (C=O) groups is 1. The molecular formula is C13H26N2O2. The fourth-order valence-corrected chi connectivity index (χ4v) is 2.00. The maximum atomic E-state index is 11.6. The molecular weight excluding hydrogens is 216 g/mol. The molecule has 0 bridgehead atoms. The molecule has 0 aliphatic heterocycles. The summed E-state index contributed by atoms with van der Waals surface area (Å²) < 4.78 is 0. The Kier molecular flexibility index (Phi) is 4.95. The first-order chi connectivity index (χ1) is 7.80. The van der Waals surface area contributed by atoms with Crippen LogP contribution in [0.3, 0.4) is 0 Å². The Labute approximate surface area is 105 Å². The lowest BCUT2D eigenvalue weighted by atomic mass is 9.91. The second-order valence-corrected chi connectivity index (χ2v) is 6.23. The minimum Gasteiger partial charge on any atom is -0.370 e. The van der Waals surface area contributed by atoms with Gasteiger partial charge in [-0.1, -0.05) is 0 Å². The van der Waals surface area contributed by atoms with Gasteiger partial charge in [-0.05, 0) is 60.5 Å². The monoisotopic (exact) mass is 242 g/mol. The predicted molar refractivity (Wildman–Crippen MR) is 68.4 cm³/mol. The third-order valence-corrected chi connectivity index (χ3v) is 3.36. The van der Waals surface area contributed by atoms with E-state index in [1.54, 1.807) is 0 Å². The van der Waals surface area contributed by atoms with Gasteiger partial charge in [0, 0.05) is 12.1 Å². The maximum Gasteiger partial charge on any atom is 0.329 e. The standard InChI is InChI=1S/C13H26N2O2/c1-13(2,3)12(16)17-14-10-6-8-11(9-7-10)15(4)5/h10-11,14H,6-9H2,1-5H3. The number of nitrogens with zero attached hydrogens (tertiary/aromatic N) is 1. The minimum atomic E-state index is -0.437. The molecule has 1 N–H and O–H groups in total. The number of carbonyl (C=O) groups excluding carboxylic acids is 1. The van der Waals surface area contributed by atoms with E-state index >= 15 is 0 Å². The van der Waals surface area contributed by atoms with Crippen LogP contribution in [0.25, 0.3) is 0 Å². The highest BCUT2D eigenvalue weighted by Crippen LogP contribution is 2.22. The second-order valence-electron chi connectivity index (χ2n) is 6.23. The largest absolute Gasteiger partial charge is 0.370 e. The molecule has 0 aromatic heterocycles. The molecule has 0 aromatic carbocycles. The van der Waals surface area contributed by atoms with Gasteiger partial charge in [-0.2, -0.15) is 5.48 Å². The van der Waals surface area contributed by atoms with Crippen LogP contribution in [-0.2, 0) is 9.63 Å². The fourth-order valence-electron chi connectivity index (χ4n) is 2.00. The van der Waals surface area contributed by atoms with Gasteiger partial charge in [0.2, 0.25) is 0 Å². The van der Waals surface area contributed by atoms with E-state index in [1.165, 1.54) is 0 Å². The van der Waals surface area contributed by atoms with Gasteiger partial charge in [0.25, 0.3) is 0 Å². The van der Waals surface area contributed by atoms with Crippen LogP contribution in [-0.4, -0.2) is 37.0 Å². The van der Waals surface area contributed by atoms with Crippen LogP contribution in [0.5, 0.6) is 0 Å². The zero-order valence-electron chi connectivity index (χ0n) is 11.7. The van der Waals surface area contributed by atoms with Crippen molar-refractivity contribution in [3.63, 3.8) is 0 Å². The summed E-state index contributed by atoms with van der Waals surface area (Å²) in [7, 11) is 4.25. The molecule has 1 fully saturated rings. The van der Waals surface area contributed by atoms with E-state index < -0.39 is 5.41 Å². The molecule has 0 saturated heterocycles. The van der Waals surface area contributed by atoms with Crippen molar-refractivity contribution in [1.29, 1.82) is 0 Å². The summed E-state index contributed by atoms with van der Waals surface area (Å²) in [5, 5.41) is 0. The van der Waals surface area contributed by atoms with Crippen molar-refractivity contribution in [2.24, 2.45) is 5.41 Å². The highest BCUT2D eigenvalue weighted by Gasteiger charge is 2.26. The van der Waals surface area contributed by atoms with Crippen LogP contribution < -0.4 is 5.48 Å². The third-order valence-electron chi connectivity index (χ3n) is 3.36. The van der Waals surface area contributed by atoms with Crippen LogP contribution >= 0.6 is 0 Å². The quantitative estimate of drug-likeness (QED) is 0.768. The van der Waals surface area contributed by atoms with Gasteiger partial charge in [-0.15, -0.1) is 0 Å². The lowest BCUT2D eigenvalue weighted by Crippen LogP contribution is -2.41. The van der Waals surface area contributed by atoms with Crippen LogP contribution in [0.4, 0.5) is 0 Å². The average Bonchev–Trinajstić information content (AvgIpc) is 2.25. The fraction of sp³-hybridized carbons (Fsp3) is 0.923. The van der Waals surface area contributed by atoms with Crippen molar-refractivity contribution < 1.29 is 9.63 Å². The zero-order chi connectivity index (χ0) is 13.1. The van der Waals surface area contributed by atoms with Gasteiger partial charge < -0.3 is 9.74 Å². The van der Waals surface area contributed by atoms with Gasteiger partial charge in [0.05, 0.1) is 5.41 Å². The van der Waals surface area contributed by atoms with Crippen LogP contribution in [0.2, 0.25) is 0 Å². The van der Waals surface area contributed by atoms with Crippen molar-refractivity contribution in [1.82, 2.24) is 10.4 Å². The predicted octanol–water partition coefficient (Wildman–Crippen LogP) is 1.95. The molecule has 4 heteroatoms. The van der Waals surface area contributed by atoms with Crippen molar-refractivity contribution in [2.75, 3.05) is 14.1 Å². The molecule has 0 amide bonds. The van der Waals surface area contributed by atoms with Crippen LogP contribution in [0.1, 0.15) is 46.5 Å². The molecule has 0 heterocycles. The van der Waals surface area contributed by atoms with Gasteiger partial charge in [0.1, 0.15) is 0 Å². The number of hydroxylamine groups is 1. The first-order valence-electron chi connectivity index (χ1n) is 6.44. The first-order valence-corrected chi connectivity index (χ1v) is 6.44. The Bertz CT molecular complexity index is 251. The second kappa shape index (κ2) is 5.83. The molecule has 0 atom stereocenters. The highest BCUT2D eigenvalue weighted by atomic mass is 16.7. The number of rotatable bonds is 3. The Morgan fingerprint density at radius 2 is 1.71 bits per heavy atom. The van der Waals surface area contributed by atoms with Gasteiger partial charge in [-0.25, -0.2) is 4.79 Å². The van der Waals surface area contributed by atoms with E-state index in [0.29, 0.717) is 12.1 Å². The number of hydrogen-bond donors (Lipinski definition) is 1. The van der Waals surface area contributed by atoms with E-state index in [0.717, 1.165) is 25.7 Å². The molecule has 1 rings (SSSR count). The SMILES string of the molecule is CN(C)C1CCC(NOC(=O)C(C)(C)C)CC1. The van der Waals surface area contributed by atoms with E-state index in [9.17, 15) is 4.79 Å².